The third kappa shape index (κ3) is 4.63. The van der Waals surface area contributed by atoms with E-state index in [4.69, 9.17) is 11.6 Å². The van der Waals surface area contributed by atoms with E-state index in [0.29, 0.717) is 5.38 Å². The van der Waals surface area contributed by atoms with Gasteiger partial charge in [-0.25, -0.2) is 0 Å². The van der Waals surface area contributed by atoms with E-state index < -0.39 is 0 Å². The molecule has 1 fully saturated rings. The monoisotopic (exact) mass is 218 g/mol. The molecule has 2 nitrogen and oxygen atoms in total. The van der Waals surface area contributed by atoms with E-state index in [9.17, 15) is 0 Å². The van der Waals surface area contributed by atoms with Crippen LogP contribution in [0.5, 0.6) is 0 Å². The van der Waals surface area contributed by atoms with Crippen LogP contribution < -0.4 is 5.32 Å². The van der Waals surface area contributed by atoms with Crippen LogP contribution in [0.15, 0.2) is 0 Å². The Labute approximate surface area is 93.0 Å². The molecule has 1 aliphatic carbocycles. The second-order valence-corrected chi connectivity index (χ2v) is 4.65. The Morgan fingerprint density at radius 3 is 2.50 bits per heavy atom. The molecule has 0 aliphatic heterocycles. The summed E-state index contributed by atoms with van der Waals surface area (Å²) in [6, 6.07) is 0. The van der Waals surface area contributed by atoms with Gasteiger partial charge in [-0.3, -0.25) is 0 Å². The second kappa shape index (κ2) is 6.65. The average Bonchev–Trinajstić information content (AvgIpc) is 3.01. The number of rotatable bonds is 8. The van der Waals surface area contributed by atoms with Gasteiger partial charge in [-0.05, 0) is 31.8 Å². The fourth-order valence-electron chi connectivity index (χ4n) is 1.64. The number of hydrogen-bond donors (Lipinski definition) is 1. The Hall–Kier alpha value is 0.210. The van der Waals surface area contributed by atoms with E-state index in [1.807, 2.05) is 0 Å². The summed E-state index contributed by atoms with van der Waals surface area (Å²) in [7, 11) is 0. The molecule has 0 aromatic rings. The Morgan fingerprint density at radius 1 is 1.36 bits per heavy atom. The number of halogens is 1. The van der Waals surface area contributed by atoms with Crippen molar-refractivity contribution in [2.45, 2.75) is 32.1 Å². The highest BCUT2D eigenvalue weighted by Gasteiger charge is 2.28. The minimum atomic E-state index is 0.367. The molecule has 1 N–H and O–H groups in total. The van der Waals surface area contributed by atoms with Crippen LogP contribution in [0.3, 0.4) is 0 Å². The van der Waals surface area contributed by atoms with Gasteiger partial charge in [-0.1, -0.05) is 13.8 Å². The molecule has 0 saturated heterocycles. The van der Waals surface area contributed by atoms with E-state index in [-0.39, 0.29) is 0 Å². The third-order valence-electron chi connectivity index (χ3n) is 2.97. The zero-order chi connectivity index (χ0) is 10.4. The number of nitrogens with one attached hydrogen (secondary N) is 1. The molecule has 1 aliphatic rings. The van der Waals surface area contributed by atoms with Crippen LogP contribution in [-0.4, -0.2) is 43.0 Å². The highest BCUT2D eigenvalue weighted by Crippen LogP contribution is 2.35. The standard InChI is InChI=1S/C11H23ClN2/c1-3-14(4-2)8-7-13-9-11(12)10-5-6-10/h10-11,13H,3-9H2,1-2H3. The molecule has 1 atom stereocenters. The first-order valence-electron chi connectivity index (χ1n) is 5.85. The van der Waals surface area contributed by atoms with Gasteiger partial charge in [0.2, 0.25) is 0 Å². The van der Waals surface area contributed by atoms with Crippen LogP contribution in [0, 0.1) is 5.92 Å². The van der Waals surface area contributed by atoms with Crippen molar-refractivity contribution in [1.29, 1.82) is 0 Å². The van der Waals surface area contributed by atoms with E-state index in [0.717, 1.165) is 38.6 Å². The SMILES string of the molecule is CCN(CC)CCNCC(Cl)C1CC1. The lowest BCUT2D eigenvalue weighted by Gasteiger charge is -2.18. The topological polar surface area (TPSA) is 15.3 Å². The van der Waals surface area contributed by atoms with Crippen molar-refractivity contribution in [3.63, 3.8) is 0 Å². The van der Waals surface area contributed by atoms with Gasteiger partial charge in [-0.2, -0.15) is 0 Å². The van der Waals surface area contributed by atoms with E-state index >= 15 is 0 Å². The Balaban J connectivity index is 1.92. The van der Waals surface area contributed by atoms with E-state index in [2.05, 4.69) is 24.1 Å². The first kappa shape index (κ1) is 12.3. The Bertz CT molecular complexity index is 140. The van der Waals surface area contributed by atoms with Gasteiger partial charge >= 0.3 is 0 Å². The van der Waals surface area contributed by atoms with Gasteiger partial charge < -0.3 is 10.2 Å². The summed E-state index contributed by atoms with van der Waals surface area (Å²) in [6.07, 6.45) is 2.68. The maximum atomic E-state index is 6.19. The molecule has 3 heteroatoms. The van der Waals surface area contributed by atoms with Crippen LogP contribution >= 0.6 is 11.6 Å². The van der Waals surface area contributed by atoms with E-state index in [1.165, 1.54) is 12.8 Å². The summed E-state index contributed by atoms with van der Waals surface area (Å²) in [5.74, 6) is 0.803. The number of nitrogens with zero attached hydrogens (tertiary/aromatic N) is 1. The summed E-state index contributed by atoms with van der Waals surface area (Å²) in [5.41, 5.74) is 0. The zero-order valence-electron chi connectivity index (χ0n) is 9.43. The van der Waals surface area contributed by atoms with Gasteiger partial charge in [0.15, 0.2) is 0 Å². The molecule has 0 aromatic carbocycles. The molecule has 0 spiro atoms. The van der Waals surface area contributed by atoms with Gasteiger partial charge in [0.1, 0.15) is 0 Å². The van der Waals surface area contributed by atoms with Crippen molar-refractivity contribution in [2.24, 2.45) is 5.92 Å². The molecule has 0 bridgehead atoms. The van der Waals surface area contributed by atoms with Crippen LogP contribution in [0.1, 0.15) is 26.7 Å². The lowest BCUT2D eigenvalue weighted by molar-refractivity contribution is 0.302. The summed E-state index contributed by atoms with van der Waals surface area (Å²) in [4.78, 5) is 2.42. The van der Waals surface area contributed by atoms with E-state index in [1.54, 1.807) is 0 Å². The minimum absolute atomic E-state index is 0.367. The normalized spacial score (nSPS) is 18.9. The van der Waals surface area contributed by atoms with Crippen molar-refractivity contribution >= 4 is 11.6 Å². The molecule has 1 rings (SSSR count). The zero-order valence-corrected chi connectivity index (χ0v) is 10.2. The first-order chi connectivity index (χ1) is 6.77. The molecule has 0 radical (unpaired) electrons. The lowest BCUT2D eigenvalue weighted by atomic mass is 10.3. The molecule has 0 heterocycles. The lowest BCUT2D eigenvalue weighted by Crippen LogP contribution is -2.34. The van der Waals surface area contributed by atoms with Crippen molar-refractivity contribution in [2.75, 3.05) is 32.7 Å². The number of hydrogen-bond acceptors (Lipinski definition) is 2. The van der Waals surface area contributed by atoms with Crippen molar-refractivity contribution in [3.05, 3.63) is 0 Å². The quantitative estimate of drug-likeness (QED) is 0.495. The summed E-state index contributed by atoms with van der Waals surface area (Å²) >= 11 is 6.19. The third-order valence-corrected chi connectivity index (χ3v) is 3.48. The highest BCUT2D eigenvalue weighted by atomic mass is 35.5. The Morgan fingerprint density at radius 2 is 2.00 bits per heavy atom. The van der Waals surface area contributed by atoms with Crippen LogP contribution in [0.4, 0.5) is 0 Å². The van der Waals surface area contributed by atoms with Gasteiger partial charge in [0, 0.05) is 25.0 Å². The first-order valence-corrected chi connectivity index (χ1v) is 6.28. The molecule has 0 aromatic heterocycles. The predicted octanol–water partition coefficient (Wildman–Crippen LogP) is 1.94. The summed E-state index contributed by atoms with van der Waals surface area (Å²) in [5, 5.41) is 3.80. The minimum Gasteiger partial charge on any atom is -0.314 e. The maximum Gasteiger partial charge on any atom is 0.0488 e. The molecule has 14 heavy (non-hydrogen) atoms. The highest BCUT2D eigenvalue weighted by molar-refractivity contribution is 6.21. The van der Waals surface area contributed by atoms with Crippen molar-refractivity contribution in [3.8, 4) is 0 Å². The molecule has 1 saturated carbocycles. The molecular formula is C11H23ClN2. The van der Waals surface area contributed by atoms with Gasteiger partial charge in [-0.15, -0.1) is 11.6 Å². The van der Waals surface area contributed by atoms with Gasteiger partial charge in [0.05, 0.1) is 0 Å². The smallest absolute Gasteiger partial charge is 0.0488 e. The van der Waals surface area contributed by atoms with Crippen LogP contribution in [-0.2, 0) is 0 Å². The molecule has 84 valence electrons. The van der Waals surface area contributed by atoms with Crippen molar-refractivity contribution in [1.82, 2.24) is 10.2 Å². The number of alkyl halides is 1. The largest absolute Gasteiger partial charge is 0.314 e. The number of likely N-dealkylation sites (N-methyl/N-ethyl adjacent to an activating group) is 1. The predicted molar refractivity (Wildman–Crippen MR) is 63.0 cm³/mol. The molecule has 1 unspecified atom stereocenters. The Kier molecular flexibility index (Phi) is 5.83. The fourth-order valence-corrected chi connectivity index (χ4v) is 2.00. The van der Waals surface area contributed by atoms with Crippen LogP contribution in [0.25, 0.3) is 0 Å². The summed E-state index contributed by atoms with van der Waals surface area (Å²) in [6.45, 7) is 9.89. The maximum absolute atomic E-state index is 6.19. The molecular weight excluding hydrogens is 196 g/mol. The average molecular weight is 219 g/mol. The van der Waals surface area contributed by atoms with Crippen molar-refractivity contribution < 1.29 is 0 Å². The summed E-state index contributed by atoms with van der Waals surface area (Å²) < 4.78 is 0. The fraction of sp³-hybridized carbons (Fsp3) is 1.00. The molecule has 0 amide bonds. The second-order valence-electron chi connectivity index (χ2n) is 4.08. The van der Waals surface area contributed by atoms with Gasteiger partial charge in [0.25, 0.3) is 0 Å². The van der Waals surface area contributed by atoms with Crippen LogP contribution in [0.2, 0.25) is 0 Å².